The highest BCUT2D eigenvalue weighted by Crippen LogP contribution is 2.26. The molecule has 0 bridgehead atoms. The van der Waals surface area contributed by atoms with E-state index in [2.05, 4.69) is 111 Å². The predicted molar refractivity (Wildman–Crippen MR) is 241 cm³/mol. The molecule has 0 aromatic carbocycles. The molecule has 0 unspecified atom stereocenters. The quantitative estimate of drug-likeness (QED) is 0.0593. The Morgan fingerprint density at radius 1 is 0.271 bits per heavy atom. The van der Waals surface area contributed by atoms with Gasteiger partial charge in [0.1, 0.15) is 12.2 Å². The van der Waals surface area contributed by atoms with E-state index >= 15 is 0 Å². The summed E-state index contributed by atoms with van der Waals surface area (Å²) in [6.07, 6.45) is 4.78. The number of rotatable bonds is 38. The van der Waals surface area contributed by atoms with E-state index in [0.717, 1.165) is 25.7 Å². The standard InChI is InChI=1S/C48H98O11/c1-37(2)49-27-21-44(11,12)55-33-41(34-56-45(13,14)22-28-50-38(3)4)53-31-25-43(9,10)54-32-26-48(19,20)59-42(35-57-46(15,16)23-29-51-39(5)6)36-58-47(17,18)24-30-52-40(7)8/h37-42H,21-36H2,1-20H3. The minimum absolute atomic E-state index is 0.185. The van der Waals surface area contributed by atoms with E-state index in [1.807, 2.05) is 27.7 Å². The van der Waals surface area contributed by atoms with Gasteiger partial charge < -0.3 is 52.1 Å². The molecule has 0 radical (unpaired) electrons. The first kappa shape index (κ1) is 58.6. The van der Waals surface area contributed by atoms with Gasteiger partial charge in [0.05, 0.1) is 91.1 Å². The zero-order valence-corrected chi connectivity index (χ0v) is 42.3. The topological polar surface area (TPSA) is 102 Å². The molecular weight excluding hydrogens is 753 g/mol. The Labute approximate surface area is 364 Å². The Hall–Kier alpha value is -0.440. The van der Waals surface area contributed by atoms with Crippen LogP contribution in [0.25, 0.3) is 0 Å². The van der Waals surface area contributed by atoms with Crippen molar-refractivity contribution in [1.82, 2.24) is 0 Å². The summed E-state index contributed by atoms with van der Waals surface area (Å²) in [5.41, 5.74) is -2.36. The van der Waals surface area contributed by atoms with Crippen molar-refractivity contribution in [2.75, 3.05) is 66.1 Å². The summed E-state index contributed by atoms with van der Waals surface area (Å²) in [5, 5.41) is 0. The van der Waals surface area contributed by atoms with Gasteiger partial charge in [-0.1, -0.05) is 0 Å². The van der Waals surface area contributed by atoms with Crippen LogP contribution in [0, 0.1) is 0 Å². The normalized spacial score (nSPS) is 14.1. The zero-order chi connectivity index (χ0) is 45.6. The maximum atomic E-state index is 6.76. The highest BCUT2D eigenvalue weighted by atomic mass is 16.6. The summed E-state index contributed by atoms with van der Waals surface area (Å²) in [7, 11) is 0. The van der Waals surface area contributed by atoms with Crippen LogP contribution in [0.1, 0.15) is 177 Å². The Balaban J connectivity index is 5.45. The molecule has 0 fully saturated rings. The average molecular weight is 851 g/mol. The number of hydrogen-bond donors (Lipinski definition) is 0. The number of hydrogen-bond acceptors (Lipinski definition) is 11. The first-order valence-electron chi connectivity index (χ1n) is 22.9. The molecule has 0 amide bonds. The molecule has 11 heteroatoms. The van der Waals surface area contributed by atoms with Crippen molar-refractivity contribution in [3.05, 3.63) is 0 Å². The van der Waals surface area contributed by atoms with Gasteiger partial charge in [-0.15, -0.1) is 0 Å². The van der Waals surface area contributed by atoms with Crippen molar-refractivity contribution in [2.24, 2.45) is 0 Å². The van der Waals surface area contributed by atoms with Gasteiger partial charge in [-0.05, 0) is 177 Å². The van der Waals surface area contributed by atoms with Gasteiger partial charge in [-0.2, -0.15) is 0 Å². The van der Waals surface area contributed by atoms with Crippen molar-refractivity contribution < 1.29 is 52.1 Å². The molecule has 0 aliphatic heterocycles. The Kier molecular flexibility index (Phi) is 28.2. The first-order valence-corrected chi connectivity index (χ1v) is 22.9. The van der Waals surface area contributed by atoms with Crippen molar-refractivity contribution >= 4 is 0 Å². The summed E-state index contributed by atoms with van der Waals surface area (Å²) in [6.45, 7) is 46.9. The Morgan fingerprint density at radius 2 is 0.508 bits per heavy atom. The van der Waals surface area contributed by atoms with Crippen LogP contribution >= 0.6 is 0 Å². The minimum Gasteiger partial charge on any atom is -0.379 e. The third kappa shape index (κ3) is 34.7. The summed E-state index contributed by atoms with van der Waals surface area (Å²) in [6, 6.07) is 0. The highest BCUT2D eigenvalue weighted by Gasteiger charge is 2.31. The van der Waals surface area contributed by atoms with Crippen molar-refractivity contribution in [3.63, 3.8) is 0 Å². The third-order valence-corrected chi connectivity index (χ3v) is 10.0. The summed E-state index contributed by atoms with van der Waals surface area (Å²) in [5.74, 6) is 0. The second-order valence-corrected chi connectivity index (χ2v) is 21.1. The van der Waals surface area contributed by atoms with E-state index in [1.165, 1.54) is 0 Å². The van der Waals surface area contributed by atoms with Gasteiger partial charge in [0.25, 0.3) is 0 Å². The van der Waals surface area contributed by atoms with Gasteiger partial charge in [0, 0.05) is 33.0 Å². The molecule has 356 valence electrons. The second-order valence-electron chi connectivity index (χ2n) is 21.1. The van der Waals surface area contributed by atoms with Crippen LogP contribution < -0.4 is 0 Å². The molecule has 0 rings (SSSR count). The molecular formula is C48H98O11. The monoisotopic (exact) mass is 851 g/mol. The van der Waals surface area contributed by atoms with Crippen LogP contribution in [0.3, 0.4) is 0 Å². The molecule has 11 nitrogen and oxygen atoms in total. The largest absolute Gasteiger partial charge is 0.379 e. The molecule has 0 atom stereocenters. The second kappa shape index (κ2) is 28.4. The first-order chi connectivity index (χ1) is 26.9. The van der Waals surface area contributed by atoms with Crippen LogP contribution in [0.4, 0.5) is 0 Å². The van der Waals surface area contributed by atoms with Crippen molar-refractivity contribution in [2.45, 2.75) is 247 Å². The van der Waals surface area contributed by atoms with Crippen LogP contribution in [-0.4, -0.2) is 136 Å². The van der Waals surface area contributed by atoms with E-state index in [4.69, 9.17) is 52.1 Å². The Bertz CT molecular complexity index is 976. The molecule has 0 aromatic heterocycles. The van der Waals surface area contributed by atoms with Crippen LogP contribution in [0.5, 0.6) is 0 Å². The Morgan fingerprint density at radius 3 is 0.797 bits per heavy atom. The molecule has 0 N–H and O–H groups in total. The molecule has 0 aliphatic carbocycles. The van der Waals surface area contributed by atoms with E-state index in [-0.39, 0.29) is 59.0 Å². The fraction of sp³-hybridized carbons (Fsp3) is 1.00. The molecule has 0 spiro atoms. The fourth-order valence-electron chi connectivity index (χ4n) is 5.61. The van der Waals surface area contributed by atoms with Gasteiger partial charge in [-0.25, -0.2) is 0 Å². The van der Waals surface area contributed by atoms with Crippen molar-refractivity contribution in [1.29, 1.82) is 0 Å². The lowest BCUT2D eigenvalue weighted by atomic mass is 10.0. The van der Waals surface area contributed by atoms with Gasteiger partial charge in [0.15, 0.2) is 0 Å². The van der Waals surface area contributed by atoms with Gasteiger partial charge in [-0.3, -0.25) is 0 Å². The number of ether oxygens (including phenoxy) is 11. The maximum absolute atomic E-state index is 6.76. The molecule has 0 aromatic rings. The lowest BCUT2D eigenvalue weighted by molar-refractivity contribution is -0.177. The summed E-state index contributed by atoms with van der Waals surface area (Å²) in [4.78, 5) is 0. The lowest BCUT2D eigenvalue weighted by Gasteiger charge is -2.36. The van der Waals surface area contributed by atoms with Gasteiger partial charge in [0.2, 0.25) is 0 Å². The minimum atomic E-state index is -0.487. The molecule has 0 heterocycles. The highest BCUT2D eigenvalue weighted by molar-refractivity contribution is 4.79. The zero-order valence-electron chi connectivity index (χ0n) is 42.3. The average Bonchev–Trinajstić information content (AvgIpc) is 3.05. The SMILES string of the molecule is CC(C)OCCC(C)(C)OCC(COC(C)(C)CCOC(C)C)OCCC(C)(C)OCCC(C)(C)OC(COC(C)(C)CCOC(C)C)COC(C)(C)CCOC(C)C. The maximum Gasteiger partial charge on any atom is 0.105 e. The summed E-state index contributed by atoms with van der Waals surface area (Å²) >= 11 is 0. The van der Waals surface area contributed by atoms with E-state index in [0.29, 0.717) is 78.9 Å². The van der Waals surface area contributed by atoms with Gasteiger partial charge >= 0.3 is 0 Å². The molecule has 0 saturated carbocycles. The van der Waals surface area contributed by atoms with E-state index in [9.17, 15) is 0 Å². The van der Waals surface area contributed by atoms with E-state index < -0.39 is 11.2 Å². The van der Waals surface area contributed by atoms with Crippen molar-refractivity contribution in [3.8, 4) is 0 Å². The van der Waals surface area contributed by atoms with Crippen LogP contribution in [0.15, 0.2) is 0 Å². The molecule has 0 aliphatic rings. The van der Waals surface area contributed by atoms with Crippen LogP contribution in [-0.2, 0) is 52.1 Å². The molecule has 0 saturated heterocycles. The predicted octanol–water partition coefficient (Wildman–Crippen LogP) is 10.6. The van der Waals surface area contributed by atoms with Crippen LogP contribution in [0.2, 0.25) is 0 Å². The third-order valence-electron chi connectivity index (χ3n) is 10.0. The lowest BCUT2D eigenvalue weighted by Crippen LogP contribution is -2.42. The smallest absolute Gasteiger partial charge is 0.105 e. The van der Waals surface area contributed by atoms with E-state index in [1.54, 1.807) is 0 Å². The fourth-order valence-corrected chi connectivity index (χ4v) is 5.61. The summed E-state index contributed by atoms with van der Waals surface area (Å²) < 4.78 is 68.7. The molecule has 59 heavy (non-hydrogen) atoms.